The smallest absolute Gasteiger partial charge is 0.537 e. The zero-order valence-electron chi connectivity index (χ0n) is 59.2. The lowest BCUT2D eigenvalue weighted by Gasteiger charge is -2.20. The molecule has 0 aliphatic heterocycles. The molecule has 13 rings (SSSR count). The van der Waals surface area contributed by atoms with E-state index in [9.17, 15) is 19.2 Å². The highest BCUT2D eigenvalue weighted by atomic mass is 127. The SMILES string of the molecule is CC(C)(C)OC(=O)OC(=O)OC(C)(C)C.CC(C)(C)OC(=O)n1cc(-c2cccc(N)c2)c2c(Cl)ccnc21.CC(C)(C)OC(=O)n1cc(I)c2c(Cl)ccnc21.Cl.Clc1ccnc2[nH]cc(I)c12.Clc1ccnc2[nH]ccc12.Nc1cccc(-c2c[nH]c3nccc(Cl)c23)c1.Nc1cccc(O[B]O)c1. The molecule has 0 spiro atoms. The Kier molecular flexibility index (Phi) is 31.0. The minimum atomic E-state index is -1.06. The standard InChI is InChI=1S/C18H18ClN3O2.C13H10ClN3.C12H12ClIN2O2.C10H18O5.C7H4ClIN2.C7H5ClN2.C6H7BNO2.ClH/c1-18(2,3)24-17(23)22-10-13(11-5-4-6-12(20)9-11)15-14(19)7-8-21-16(15)22;14-11-4-5-16-13-12(11)10(7-17-13)8-2-1-3-9(15)6-8;1-12(2,3)18-11(17)16-6-8(14)9-7(13)4-5-15-10(9)16;1-9(2,3)14-7(11)13-8(12)15-10(4,5)6;8-4-1-2-10-7-6(4)5(9)3-11-7;8-6-2-4-10-7-5(6)1-3-9-7;8-5-2-1-3-6(4-5)10-7-9;/h4-10H,20H2,1-3H3;1-7H,15H2,(H,16,17);4-6H,1-3H3;1-6H3;1-3H,(H,10,11);1-4H,(H,9,10);1-4,9H,8H2;1H. The first-order chi connectivity index (χ1) is 49.3. The number of carbonyl (C=O) groups excluding carboxylic acids is 4. The van der Waals surface area contributed by atoms with Crippen molar-refractivity contribution in [3.8, 4) is 28.0 Å². The summed E-state index contributed by atoms with van der Waals surface area (Å²) < 4.78 is 34.0. The molecule has 3 aromatic carbocycles. The highest BCUT2D eigenvalue weighted by Gasteiger charge is 2.27. The first-order valence-corrected chi connectivity index (χ1v) is 35.6. The first kappa shape index (κ1) is 86.1. The maximum atomic E-state index is 12.5. The monoisotopic (exact) mass is 1780 g/mol. The molecule has 0 saturated heterocycles. The molecule has 0 saturated carbocycles. The summed E-state index contributed by atoms with van der Waals surface area (Å²) in [6.45, 7) is 20.9. The van der Waals surface area contributed by atoms with Crippen LogP contribution in [-0.4, -0.2) is 109 Å². The Balaban J connectivity index is 0.000000197. The third-order valence-corrected chi connectivity index (χ3v) is 16.5. The highest BCUT2D eigenvalue weighted by molar-refractivity contribution is 14.1. The molecule has 0 fully saturated rings. The molecule has 106 heavy (non-hydrogen) atoms. The molecule has 10 aromatic heterocycles. The molecule has 0 aliphatic rings. The molecule has 10 heterocycles. The lowest BCUT2D eigenvalue weighted by Crippen LogP contribution is -2.29. The van der Waals surface area contributed by atoms with Crippen molar-refractivity contribution in [3.63, 3.8) is 0 Å². The van der Waals surface area contributed by atoms with Crippen LogP contribution in [0.3, 0.4) is 0 Å². The van der Waals surface area contributed by atoms with E-state index in [1.165, 1.54) is 9.13 Å². The van der Waals surface area contributed by atoms with Crippen molar-refractivity contribution in [2.24, 2.45) is 0 Å². The van der Waals surface area contributed by atoms with E-state index in [-0.39, 0.29) is 12.4 Å². The topological polar surface area (TPSA) is 344 Å². The van der Waals surface area contributed by atoms with Crippen LogP contribution in [0.15, 0.2) is 171 Å². The van der Waals surface area contributed by atoms with E-state index >= 15 is 0 Å². The minimum Gasteiger partial charge on any atom is -0.537 e. The van der Waals surface area contributed by atoms with Gasteiger partial charge in [-0.1, -0.05) is 88.3 Å². The molecular weight excluding hydrogens is 1710 g/mol. The number of pyridine rings is 5. The summed E-state index contributed by atoms with van der Waals surface area (Å²) in [6, 6.07) is 32.6. The maximum absolute atomic E-state index is 12.5. The molecule has 0 atom stereocenters. The number of anilines is 3. The zero-order valence-corrected chi connectivity index (χ0v) is 68.1. The lowest BCUT2D eigenvalue weighted by molar-refractivity contribution is -0.0294. The van der Waals surface area contributed by atoms with Gasteiger partial charge in [-0.2, -0.15) is 0 Å². The fourth-order valence-electron chi connectivity index (χ4n) is 9.13. The molecule has 0 unspecified atom stereocenters. The van der Waals surface area contributed by atoms with Crippen molar-refractivity contribution in [2.75, 3.05) is 17.2 Å². The number of nitrogen functional groups attached to an aromatic ring is 3. The summed E-state index contributed by atoms with van der Waals surface area (Å²) >= 11 is 34.8. The number of aromatic amines is 3. The number of aromatic nitrogens is 10. The first-order valence-electron chi connectivity index (χ1n) is 31.5. The molecule has 0 aliphatic carbocycles. The Morgan fingerprint density at radius 3 is 1.36 bits per heavy atom. The van der Waals surface area contributed by atoms with E-state index < -0.39 is 46.9 Å². The fraction of sp³-hybridized carbons (Fsp3) is 0.219. The predicted octanol–water partition coefficient (Wildman–Crippen LogP) is 20.8. The van der Waals surface area contributed by atoms with E-state index in [4.69, 9.17) is 99.2 Å². The van der Waals surface area contributed by atoms with E-state index in [1.807, 2.05) is 109 Å². The quantitative estimate of drug-likeness (QED) is 0.0215. The zero-order chi connectivity index (χ0) is 77.3. The van der Waals surface area contributed by atoms with Gasteiger partial charge in [-0.15, -0.1) is 12.4 Å². The number of hydrogen-bond donors (Lipinski definition) is 7. The summed E-state index contributed by atoms with van der Waals surface area (Å²) in [6.07, 6.45) is 14.1. The van der Waals surface area contributed by atoms with Crippen LogP contribution in [0.25, 0.3) is 77.4 Å². The van der Waals surface area contributed by atoms with Gasteiger partial charge in [0.1, 0.15) is 45.1 Å². The average Bonchev–Trinajstić information content (AvgIpc) is 1.61. The van der Waals surface area contributed by atoms with Crippen molar-refractivity contribution in [1.82, 2.24) is 49.0 Å². The molecule has 33 heteroatoms. The largest absolute Gasteiger partial charge is 0.569 e. The average molecular weight is 1790 g/mol. The van der Waals surface area contributed by atoms with Gasteiger partial charge >= 0.3 is 32.2 Å². The van der Waals surface area contributed by atoms with Crippen LogP contribution < -0.4 is 21.9 Å². The number of nitrogens with one attached hydrogen (secondary N) is 3. The Morgan fingerprint density at radius 2 is 0.877 bits per heavy atom. The maximum Gasteiger partial charge on any atom is 0.569 e. The van der Waals surface area contributed by atoms with Crippen LogP contribution in [0.2, 0.25) is 25.1 Å². The van der Waals surface area contributed by atoms with Crippen molar-refractivity contribution >= 4 is 220 Å². The fourth-order valence-corrected chi connectivity index (χ4v) is 12.1. The number of hydrogen-bond acceptors (Lipinski definition) is 19. The molecule has 1 radical (unpaired) electrons. The van der Waals surface area contributed by atoms with Gasteiger partial charge in [-0.05, 0) is 212 Å². The minimum absolute atomic E-state index is 0. The third-order valence-electron chi connectivity index (χ3n) is 13.2. The molecule has 24 nitrogen and oxygen atoms in total. The van der Waals surface area contributed by atoms with Gasteiger partial charge in [-0.3, -0.25) is 0 Å². The number of nitrogens with zero attached hydrogens (tertiary/aromatic N) is 7. The number of ether oxygens (including phenoxy) is 5. The number of H-pyrrole nitrogens is 3. The summed E-state index contributed by atoms with van der Waals surface area (Å²) in [4.78, 5) is 76.6. The third kappa shape index (κ3) is 25.5. The Bertz CT molecular complexity index is 5160. The molecule has 0 bridgehead atoms. The van der Waals surface area contributed by atoms with Gasteiger partial charge in [-0.25, -0.2) is 53.2 Å². The van der Waals surface area contributed by atoms with Crippen molar-refractivity contribution < 1.29 is 52.5 Å². The van der Waals surface area contributed by atoms with Crippen LogP contribution >= 0.6 is 116 Å². The number of nitrogens with two attached hydrogens (primary N) is 3. The van der Waals surface area contributed by atoms with Gasteiger partial charge in [0.05, 0.1) is 35.9 Å². The van der Waals surface area contributed by atoms with Gasteiger partial charge < -0.3 is 65.5 Å². The van der Waals surface area contributed by atoms with Crippen LogP contribution in [0.5, 0.6) is 5.75 Å². The normalized spacial score (nSPS) is 11.0. The van der Waals surface area contributed by atoms with Crippen LogP contribution in [0, 0.1) is 7.14 Å². The van der Waals surface area contributed by atoms with Crippen molar-refractivity contribution in [1.29, 1.82) is 0 Å². The molecule has 0 amide bonds. The van der Waals surface area contributed by atoms with Crippen LogP contribution in [0.4, 0.5) is 36.2 Å². The number of rotatable bonds is 4. The van der Waals surface area contributed by atoms with E-state index in [0.29, 0.717) is 56.6 Å². The van der Waals surface area contributed by atoms with Crippen LogP contribution in [0.1, 0.15) is 83.1 Å². The molecular formula is C73H75BCl6I2N13O11. The van der Waals surface area contributed by atoms with E-state index in [2.05, 4.69) is 94.4 Å². The van der Waals surface area contributed by atoms with Gasteiger partial charge in [0, 0.05) is 120 Å². The summed E-state index contributed by atoms with van der Waals surface area (Å²) in [7, 11) is 0.620. The number of fused-ring (bicyclic) bond motifs is 5. The second-order valence-electron chi connectivity index (χ2n) is 26.2. The van der Waals surface area contributed by atoms with Crippen LogP contribution in [-0.2, 0) is 23.7 Å². The molecule has 557 valence electrons. The van der Waals surface area contributed by atoms with E-state index in [1.54, 1.807) is 146 Å². The molecule has 13 aromatic rings. The highest BCUT2D eigenvalue weighted by Crippen LogP contribution is 2.37. The number of carbonyl (C=O) groups is 4. The Morgan fingerprint density at radius 1 is 0.462 bits per heavy atom. The van der Waals surface area contributed by atoms with Gasteiger partial charge in [0.15, 0.2) is 11.3 Å². The summed E-state index contributed by atoms with van der Waals surface area (Å²) in [5.74, 6) is 0.530. The van der Waals surface area contributed by atoms with Gasteiger partial charge in [0.2, 0.25) is 0 Å². The summed E-state index contributed by atoms with van der Waals surface area (Å²) in [5.41, 5.74) is 23.6. The second-order valence-corrected chi connectivity index (χ2v) is 30.5. The van der Waals surface area contributed by atoms with Gasteiger partial charge in [0.25, 0.3) is 0 Å². The Labute approximate surface area is 670 Å². The lowest BCUT2D eigenvalue weighted by atomic mass is 10.1. The predicted molar refractivity (Wildman–Crippen MR) is 441 cm³/mol. The van der Waals surface area contributed by atoms with Crippen molar-refractivity contribution in [3.05, 3.63) is 203 Å². The second kappa shape index (κ2) is 38.1. The number of halogens is 8. The van der Waals surface area contributed by atoms with E-state index in [0.717, 1.165) is 83.6 Å². The molecule has 10 N–H and O–H groups in total. The summed E-state index contributed by atoms with van der Waals surface area (Å²) in [5, 5.41) is 15.9. The number of benzene rings is 3. The van der Waals surface area contributed by atoms with Crippen molar-refractivity contribution in [2.45, 2.75) is 105 Å². The Hall–Kier alpha value is -8.79.